The zero-order valence-corrected chi connectivity index (χ0v) is 18.2. The molecule has 1 amide bonds. The van der Waals surface area contributed by atoms with Crippen molar-refractivity contribution in [2.45, 2.75) is 30.8 Å². The topological polar surface area (TPSA) is 26.8 Å². The van der Waals surface area contributed by atoms with Crippen LogP contribution < -0.4 is 0 Å². The fourth-order valence-corrected chi connectivity index (χ4v) is 5.83. The first-order chi connectivity index (χ1) is 14.6. The molecular formula is C25H28ClN3O. The number of carbonyl (C=O) groups excluding carboxylic acids is 1. The third-order valence-corrected chi connectivity index (χ3v) is 7.74. The Morgan fingerprint density at radius 1 is 0.933 bits per heavy atom. The van der Waals surface area contributed by atoms with Crippen LogP contribution in [0.15, 0.2) is 65.8 Å². The van der Waals surface area contributed by atoms with E-state index in [9.17, 15) is 4.79 Å². The molecule has 3 aliphatic rings. The minimum atomic E-state index is 0.110. The van der Waals surface area contributed by atoms with Gasteiger partial charge in [0.15, 0.2) is 0 Å². The first-order valence-corrected chi connectivity index (χ1v) is 11.2. The number of likely N-dealkylation sites (N-methyl/N-ethyl adjacent to an activating group) is 1. The van der Waals surface area contributed by atoms with Gasteiger partial charge in [0.2, 0.25) is 0 Å². The van der Waals surface area contributed by atoms with E-state index in [4.69, 9.17) is 11.6 Å². The molecule has 1 atom stereocenters. The molecule has 2 saturated heterocycles. The number of fused-ring (bicyclic) bond motifs is 2. The van der Waals surface area contributed by atoms with Gasteiger partial charge in [-0.25, -0.2) is 0 Å². The minimum absolute atomic E-state index is 0.110. The average molecular weight is 422 g/mol. The van der Waals surface area contributed by atoms with Gasteiger partial charge in [0.25, 0.3) is 5.91 Å². The number of likely N-dealkylation sites (tertiary alicyclic amines) is 1. The molecule has 0 aromatic heterocycles. The largest absolute Gasteiger partial charge is 0.356 e. The maximum Gasteiger partial charge on any atom is 0.253 e. The van der Waals surface area contributed by atoms with E-state index in [1.807, 2.05) is 47.4 Å². The quantitative estimate of drug-likeness (QED) is 0.671. The van der Waals surface area contributed by atoms with Crippen molar-refractivity contribution in [3.8, 4) is 11.1 Å². The second kappa shape index (κ2) is 7.75. The van der Waals surface area contributed by atoms with Gasteiger partial charge in [0.1, 0.15) is 5.16 Å². The monoisotopic (exact) mass is 421 g/mol. The van der Waals surface area contributed by atoms with Crippen molar-refractivity contribution in [2.75, 3.05) is 33.2 Å². The lowest BCUT2D eigenvalue weighted by Gasteiger charge is -2.57. The Kier molecular flexibility index (Phi) is 5.08. The van der Waals surface area contributed by atoms with Crippen LogP contribution in [0.5, 0.6) is 0 Å². The fourth-order valence-electron chi connectivity index (χ4n) is 5.54. The first-order valence-electron chi connectivity index (χ1n) is 10.9. The maximum absolute atomic E-state index is 13.2. The lowest BCUT2D eigenvalue weighted by Crippen LogP contribution is -2.68. The molecule has 0 aliphatic carbocycles. The van der Waals surface area contributed by atoms with Crippen LogP contribution in [0.4, 0.5) is 0 Å². The molecule has 3 aliphatic heterocycles. The van der Waals surface area contributed by atoms with Crippen LogP contribution in [-0.2, 0) is 0 Å². The molecule has 1 spiro atoms. The van der Waals surface area contributed by atoms with Crippen molar-refractivity contribution >= 4 is 17.5 Å². The van der Waals surface area contributed by atoms with Gasteiger partial charge in [0, 0.05) is 37.3 Å². The Labute approximate surface area is 183 Å². The van der Waals surface area contributed by atoms with E-state index in [2.05, 4.69) is 35.1 Å². The fraction of sp³-hybridized carbons (Fsp3) is 0.400. The summed E-state index contributed by atoms with van der Waals surface area (Å²) in [6.07, 6.45) is 5.17. The summed E-state index contributed by atoms with van der Waals surface area (Å²) in [5.41, 5.74) is 3.19. The van der Waals surface area contributed by atoms with Gasteiger partial charge in [-0.05, 0) is 55.6 Å². The van der Waals surface area contributed by atoms with Crippen LogP contribution in [0.1, 0.15) is 29.6 Å². The standard InChI is InChI=1S/C25H28ClN3O/c1-27-17-18-29-22(11-12-23(29)26)25(27)13-15-28(16-14-25)24(30)21-9-7-20(8-10-21)19-5-3-2-4-6-19/h2-10,12,22H,11,13-18H2,1H3. The first kappa shape index (κ1) is 19.7. The zero-order chi connectivity index (χ0) is 20.7. The second-order valence-corrected chi connectivity index (χ2v) is 9.12. The number of piperidine rings is 1. The second-order valence-electron chi connectivity index (χ2n) is 8.73. The number of hydrogen-bond donors (Lipinski definition) is 0. The Morgan fingerprint density at radius 3 is 2.30 bits per heavy atom. The molecule has 156 valence electrons. The zero-order valence-electron chi connectivity index (χ0n) is 17.4. The molecule has 30 heavy (non-hydrogen) atoms. The molecule has 0 radical (unpaired) electrons. The number of rotatable bonds is 2. The third-order valence-electron chi connectivity index (χ3n) is 7.37. The van der Waals surface area contributed by atoms with Crippen LogP contribution in [-0.4, -0.2) is 65.4 Å². The molecule has 4 nitrogen and oxygen atoms in total. The molecule has 0 saturated carbocycles. The maximum atomic E-state index is 13.2. The van der Waals surface area contributed by atoms with Gasteiger partial charge in [-0.1, -0.05) is 54.1 Å². The van der Waals surface area contributed by atoms with Crippen molar-refractivity contribution in [2.24, 2.45) is 0 Å². The molecule has 5 rings (SSSR count). The summed E-state index contributed by atoms with van der Waals surface area (Å²) in [4.78, 5) is 20.1. The number of amides is 1. The van der Waals surface area contributed by atoms with Crippen LogP contribution in [0.2, 0.25) is 0 Å². The summed E-state index contributed by atoms with van der Waals surface area (Å²) < 4.78 is 0. The molecular weight excluding hydrogens is 394 g/mol. The smallest absolute Gasteiger partial charge is 0.253 e. The molecule has 2 fully saturated rings. The van der Waals surface area contributed by atoms with Crippen LogP contribution in [0, 0.1) is 0 Å². The molecule has 2 aromatic carbocycles. The normalized spacial score (nSPS) is 23.4. The van der Waals surface area contributed by atoms with E-state index >= 15 is 0 Å². The number of carbonyl (C=O) groups is 1. The SMILES string of the molecule is CN1CCN2C(Cl)=CCC2C12CCN(C(=O)c1ccc(-c3ccccc3)cc1)CC2. The van der Waals surface area contributed by atoms with Crippen molar-refractivity contribution in [3.63, 3.8) is 0 Å². The lowest BCUT2D eigenvalue weighted by atomic mass is 9.76. The van der Waals surface area contributed by atoms with Gasteiger partial charge in [-0.3, -0.25) is 9.69 Å². The Hall–Kier alpha value is -2.30. The highest BCUT2D eigenvalue weighted by Gasteiger charge is 2.51. The summed E-state index contributed by atoms with van der Waals surface area (Å²) in [5, 5.41) is 0.907. The number of halogens is 1. The molecule has 0 N–H and O–H groups in total. The molecule has 3 heterocycles. The molecule has 5 heteroatoms. The summed E-state index contributed by atoms with van der Waals surface area (Å²) in [6, 6.07) is 18.7. The van der Waals surface area contributed by atoms with Crippen molar-refractivity contribution in [1.29, 1.82) is 0 Å². The lowest BCUT2D eigenvalue weighted by molar-refractivity contribution is -0.0473. The van der Waals surface area contributed by atoms with Gasteiger partial charge < -0.3 is 9.80 Å². The van der Waals surface area contributed by atoms with Crippen molar-refractivity contribution in [1.82, 2.24) is 14.7 Å². The van der Waals surface area contributed by atoms with E-state index in [0.717, 1.165) is 61.7 Å². The molecule has 2 aromatic rings. The van der Waals surface area contributed by atoms with E-state index in [-0.39, 0.29) is 11.4 Å². The summed E-state index contributed by atoms with van der Waals surface area (Å²) >= 11 is 6.46. The summed E-state index contributed by atoms with van der Waals surface area (Å²) in [6.45, 7) is 3.61. The Bertz CT molecular complexity index is 948. The highest BCUT2D eigenvalue weighted by atomic mass is 35.5. The van der Waals surface area contributed by atoms with Gasteiger partial charge in [-0.2, -0.15) is 0 Å². The number of benzene rings is 2. The summed E-state index contributed by atoms with van der Waals surface area (Å²) in [7, 11) is 2.24. The highest BCUT2D eigenvalue weighted by molar-refractivity contribution is 6.29. The van der Waals surface area contributed by atoms with E-state index < -0.39 is 0 Å². The highest BCUT2D eigenvalue weighted by Crippen LogP contribution is 2.43. The average Bonchev–Trinajstić information content (AvgIpc) is 3.19. The molecule has 1 unspecified atom stereocenters. The predicted octanol–water partition coefficient (Wildman–Crippen LogP) is 4.43. The van der Waals surface area contributed by atoms with E-state index in [0.29, 0.717) is 6.04 Å². The van der Waals surface area contributed by atoms with Crippen molar-refractivity contribution < 1.29 is 4.79 Å². The Balaban J connectivity index is 1.28. The van der Waals surface area contributed by atoms with Gasteiger partial charge >= 0.3 is 0 Å². The third kappa shape index (κ3) is 3.23. The minimum Gasteiger partial charge on any atom is -0.356 e. The van der Waals surface area contributed by atoms with E-state index in [1.165, 1.54) is 5.56 Å². The van der Waals surface area contributed by atoms with Crippen molar-refractivity contribution in [3.05, 3.63) is 71.4 Å². The van der Waals surface area contributed by atoms with Crippen LogP contribution in [0.25, 0.3) is 11.1 Å². The predicted molar refractivity (Wildman–Crippen MR) is 121 cm³/mol. The van der Waals surface area contributed by atoms with Crippen LogP contribution in [0.3, 0.4) is 0 Å². The van der Waals surface area contributed by atoms with E-state index in [1.54, 1.807) is 0 Å². The summed E-state index contributed by atoms with van der Waals surface area (Å²) in [5.74, 6) is 0.141. The van der Waals surface area contributed by atoms with Gasteiger partial charge in [-0.15, -0.1) is 0 Å². The number of hydrogen-bond acceptors (Lipinski definition) is 3. The van der Waals surface area contributed by atoms with Gasteiger partial charge in [0.05, 0.1) is 6.04 Å². The van der Waals surface area contributed by atoms with Crippen LogP contribution >= 0.6 is 11.6 Å². The Morgan fingerprint density at radius 2 is 1.60 bits per heavy atom. The number of piperazine rings is 1. The number of nitrogens with zero attached hydrogens (tertiary/aromatic N) is 3. The molecule has 0 bridgehead atoms.